The third-order valence-corrected chi connectivity index (χ3v) is 6.74. The molecule has 3 rings (SSSR count). The van der Waals surface area contributed by atoms with E-state index in [1.54, 1.807) is 0 Å². The van der Waals surface area contributed by atoms with Crippen LogP contribution in [-0.4, -0.2) is 23.9 Å². The normalized spacial score (nSPS) is 22.5. The fourth-order valence-electron chi connectivity index (χ4n) is 4.67. The van der Waals surface area contributed by atoms with Crippen molar-refractivity contribution >= 4 is 11.5 Å². The zero-order valence-corrected chi connectivity index (χ0v) is 16.9. The van der Waals surface area contributed by atoms with E-state index < -0.39 is 0 Å². The number of benzene rings is 1. The molecular weight excluding hydrogens is 320 g/mol. The van der Waals surface area contributed by atoms with Crippen LogP contribution in [0, 0.1) is 5.92 Å². The van der Waals surface area contributed by atoms with Crippen LogP contribution in [0.5, 0.6) is 0 Å². The summed E-state index contributed by atoms with van der Waals surface area (Å²) in [4.78, 5) is 14.7. The first-order chi connectivity index (χ1) is 12.3. The maximum atomic E-state index is 12.1. The average Bonchev–Trinajstić information content (AvgIpc) is 2.64. The third-order valence-electron chi connectivity index (χ3n) is 6.74. The van der Waals surface area contributed by atoms with Crippen LogP contribution >= 0.6 is 0 Å². The van der Waals surface area contributed by atoms with E-state index in [-0.39, 0.29) is 11.4 Å². The monoisotopic (exact) mass is 354 g/mol. The van der Waals surface area contributed by atoms with Gasteiger partial charge in [-0.25, -0.2) is 0 Å². The van der Waals surface area contributed by atoms with E-state index in [9.17, 15) is 4.79 Å². The summed E-state index contributed by atoms with van der Waals surface area (Å²) in [7, 11) is 0. The topological polar surface area (TPSA) is 46.3 Å². The zero-order chi connectivity index (χ0) is 18.9. The summed E-state index contributed by atoms with van der Waals surface area (Å²) in [5.74, 6) is 0.263. The molecule has 2 N–H and O–H groups in total. The van der Waals surface area contributed by atoms with Gasteiger partial charge in [0.25, 0.3) is 0 Å². The largest absolute Gasteiger partial charge is 0.366 e. The predicted octanol–water partition coefficient (Wildman–Crippen LogP) is 5.10. The number of carbonyl (C=O) groups excluding carboxylic acids is 1. The first kappa shape index (κ1) is 19.2. The number of hydrogen-bond donors (Lipinski definition) is 1. The summed E-state index contributed by atoms with van der Waals surface area (Å²) in [5.41, 5.74) is 11.5. The van der Waals surface area contributed by atoms with Crippen LogP contribution in [0.3, 0.4) is 0 Å². The van der Waals surface area contributed by atoms with Gasteiger partial charge in [-0.2, -0.15) is 0 Å². The Kier molecular flexibility index (Phi) is 5.57. The number of primary amides is 1. The summed E-state index contributed by atoms with van der Waals surface area (Å²) in [6, 6.07) is 6.32. The molecule has 1 atom stereocenters. The number of rotatable bonds is 4. The molecule has 1 fully saturated rings. The highest BCUT2D eigenvalue weighted by Crippen LogP contribution is 2.39. The summed E-state index contributed by atoms with van der Waals surface area (Å²) >= 11 is 0. The molecule has 1 aliphatic carbocycles. The Bertz CT molecular complexity index is 711. The summed E-state index contributed by atoms with van der Waals surface area (Å²) < 4.78 is 0. The molecule has 26 heavy (non-hydrogen) atoms. The first-order valence-corrected chi connectivity index (χ1v) is 10.2. The van der Waals surface area contributed by atoms with Gasteiger partial charge in [0.2, 0.25) is 5.91 Å². The van der Waals surface area contributed by atoms with Crippen LogP contribution in [-0.2, 0) is 5.54 Å². The molecule has 142 valence electrons. The summed E-state index contributed by atoms with van der Waals surface area (Å²) in [5, 5.41) is 0. The van der Waals surface area contributed by atoms with E-state index in [1.807, 2.05) is 6.07 Å². The highest BCUT2D eigenvalue weighted by atomic mass is 16.1. The van der Waals surface area contributed by atoms with Crippen LogP contribution in [0.1, 0.15) is 87.7 Å². The Morgan fingerprint density at radius 2 is 1.85 bits per heavy atom. The van der Waals surface area contributed by atoms with Gasteiger partial charge >= 0.3 is 0 Å². The van der Waals surface area contributed by atoms with E-state index in [2.05, 4.69) is 44.7 Å². The van der Waals surface area contributed by atoms with Gasteiger partial charge in [-0.1, -0.05) is 25.0 Å². The van der Waals surface area contributed by atoms with Crippen molar-refractivity contribution in [1.82, 2.24) is 4.90 Å². The Balaban J connectivity index is 2.07. The van der Waals surface area contributed by atoms with E-state index >= 15 is 0 Å². The molecule has 2 aliphatic rings. The van der Waals surface area contributed by atoms with E-state index in [1.165, 1.54) is 48.8 Å². The smallest absolute Gasteiger partial charge is 0.249 e. The van der Waals surface area contributed by atoms with Crippen LogP contribution in [0.2, 0.25) is 0 Å². The van der Waals surface area contributed by atoms with Gasteiger partial charge in [0.15, 0.2) is 0 Å². The lowest BCUT2D eigenvalue weighted by atomic mass is 9.79. The average molecular weight is 355 g/mol. The maximum Gasteiger partial charge on any atom is 0.249 e. The molecule has 0 saturated carbocycles. The van der Waals surface area contributed by atoms with Crippen LogP contribution in [0.25, 0.3) is 5.57 Å². The van der Waals surface area contributed by atoms with Crippen molar-refractivity contribution in [2.75, 3.05) is 13.1 Å². The molecule has 1 amide bonds. The predicted molar refractivity (Wildman–Crippen MR) is 109 cm³/mol. The molecule has 1 aromatic rings. The molecule has 1 saturated heterocycles. The van der Waals surface area contributed by atoms with Crippen LogP contribution in [0.15, 0.2) is 23.8 Å². The van der Waals surface area contributed by atoms with Crippen LogP contribution < -0.4 is 5.73 Å². The van der Waals surface area contributed by atoms with E-state index in [0.29, 0.717) is 11.5 Å². The van der Waals surface area contributed by atoms with Crippen molar-refractivity contribution in [2.45, 2.75) is 71.8 Å². The van der Waals surface area contributed by atoms with Crippen molar-refractivity contribution in [1.29, 1.82) is 0 Å². The maximum absolute atomic E-state index is 12.1. The van der Waals surface area contributed by atoms with Gasteiger partial charge in [-0.05, 0) is 101 Å². The number of amides is 1. The first-order valence-electron chi connectivity index (χ1n) is 10.2. The summed E-state index contributed by atoms with van der Waals surface area (Å²) in [6.07, 6.45) is 7.35. The molecule has 1 aromatic carbocycles. The van der Waals surface area contributed by atoms with Crippen molar-refractivity contribution in [3.05, 3.63) is 40.5 Å². The van der Waals surface area contributed by atoms with Crippen molar-refractivity contribution in [2.24, 2.45) is 11.7 Å². The second-order valence-electron chi connectivity index (χ2n) is 8.69. The number of nitrogens with two attached hydrogens (primary N) is 1. The highest BCUT2D eigenvalue weighted by Gasteiger charge is 2.31. The Morgan fingerprint density at radius 3 is 2.50 bits per heavy atom. The van der Waals surface area contributed by atoms with Gasteiger partial charge in [0.1, 0.15) is 0 Å². The molecule has 1 aliphatic heterocycles. The highest BCUT2D eigenvalue weighted by molar-refractivity contribution is 5.98. The van der Waals surface area contributed by atoms with E-state index in [0.717, 1.165) is 25.1 Å². The van der Waals surface area contributed by atoms with Gasteiger partial charge in [0.05, 0.1) is 0 Å². The fourth-order valence-corrected chi connectivity index (χ4v) is 4.67. The number of nitrogens with zero attached hydrogens (tertiary/aromatic N) is 1. The van der Waals surface area contributed by atoms with Crippen molar-refractivity contribution in [3.8, 4) is 0 Å². The molecule has 3 nitrogen and oxygen atoms in total. The van der Waals surface area contributed by atoms with Gasteiger partial charge < -0.3 is 5.73 Å². The minimum Gasteiger partial charge on any atom is -0.366 e. The SMILES string of the molecule is CC1=C(c2cc(C(C)(C)N3CCCCC3)ccc2C(N)=O)CCCC1C. The lowest BCUT2D eigenvalue weighted by molar-refractivity contribution is 0.0941. The Hall–Kier alpha value is -1.61. The third kappa shape index (κ3) is 3.59. The Morgan fingerprint density at radius 1 is 1.15 bits per heavy atom. The lowest BCUT2D eigenvalue weighted by Gasteiger charge is -2.42. The molecule has 0 aromatic heterocycles. The zero-order valence-electron chi connectivity index (χ0n) is 16.9. The quantitative estimate of drug-likeness (QED) is 0.817. The standard InChI is InChI=1S/C23H34N2O/c1-16-9-8-10-19(17(16)2)21-15-18(11-12-20(21)22(24)26)23(3,4)25-13-6-5-7-14-25/h11-12,15-16H,5-10,13-14H2,1-4H3,(H2,24,26). The fraction of sp³-hybridized carbons (Fsp3) is 0.609. The molecule has 0 radical (unpaired) electrons. The minimum atomic E-state index is -0.319. The molecule has 1 heterocycles. The number of likely N-dealkylation sites (tertiary alicyclic amines) is 1. The van der Waals surface area contributed by atoms with Gasteiger partial charge in [-0.15, -0.1) is 0 Å². The molecule has 3 heteroatoms. The number of allylic oxidation sites excluding steroid dienone is 2. The van der Waals surface area contributed by atoms with Gasteiger partial charge in [-0.3, -0.25) is 9.69 Å². The van der Waals surface area contributed by atoms with Crippen LogP contribution in [0.4, 0.5) is 0 Å². The lowest BCUT2D eigenvalue weighted by Crippen LogP contribution is -2.44. The summed E-state index contributed by atoms with van der Waals surface area (Å²) in [6.45, 7) is 11.4. The Labute approximate surface area is 158 Å². The second-order valence-corrected chi connectivity index (χ2v) is 8.69. The number of hydrogen-bond acceptors (Lipinski definition) is 2. The molecule has 0 spiro atoms. The second kappa shape index (κ2) is 7.56. The van der Waals surface area contributed by atoms with Gasteiger partial charge in [0, 0.05) is 11.1 Å². The van der Waals surface area contributed by atoms with E-state index in [4.69, 9.17) is 5.73 Å². The number of piperidine rings is 1. The number of carbonyl (C=O) groups is 1. The van der Waals surface area contributed by atoms with Crippen molar-refractivity contribution < 1.29 is 4.79 Å². The molecule has 1 unspecified atom stereocenters. The molecular formula is C23H34N2O. The van der Waals surface area contributed by atoms with Crippen molar-refractivity contribution in [3.63, 3.8) is 0 Å². The molecule has 0 bridgehead atoms. The minimum absolute atomic E-state index is 0.0277.